The number of rotatable bonds is 5. The molecule has 0 bridgehead atoms. The molecule has 0 aromatic heterocycles. The number of benzene rings is 1. The van der Waals surface area contributed by atoms with Gasteiger partial charge in [0.25, 0.3) is 0 Å². The van der Waals surface area contributed by atoms with Gasteiger partial charge in [0.05, 0.1) is 13.0 Å². The zero-order valence-electron chi connectivity index (χ0n) is 8.91. The van der Waals surface area contributed by atoms with E-state index in [-0.39, 0.29) is 5.91 Å². The molecule has 0 unspecified atom stereocenters. The molecule has 2 rings (SSSR count). The maximum absolute atomic E-state index is 11.3. The number of carbonyl (C=O) groups is 1. The third kappa shape index (κ3) is 3.85. The van der Waals surface area contributed by atoms with Crippen LogP contribution in [0.1, 0.15) is 19.3 Å². The lowest BCUT2D eigenvalue weighted by Crippen LogP contribution is -2.26. The Kier molecular flexibility index (Phi) is 3.83. The standard InChI is InChI=1S/C12H14BrNO2/c13-9-1-5-11(6-2-9)16-8-7-12(15)14-10-3-4-10/h1-2,5-6,10H,3-4,7-8H2,(H,14,15). The van der Waals surface area contributed by atoms with Gasteiger partial charge in [-0.2, -0.15) is 0 Å². The summed E-state index contributed by atoms with van der Waals surface area (Å²) in [6.45, 7) is 0.431. The number of carbonyl (C=O) groups excluding carboxylic acids is 1. The van der Waals surface area contributed by atoms with Crippen molar-refractivity contribution in [2.45, 2.75) is 25.3 Å². The van der Waals surface area contributed by atoms with Crippen LogP contribution in [0.3, 0.4) is 0 Å². The van der Waals surface area contributed by atoms with Gasteiger partial charge in [-0.25, -0.2) is 0 Å². The molecule has 0 heterocycles. The van der Waals surface area contributed by atoms with Gasteiger partial charge in [0.15, 0.2) is 0 Å². The van der Waals surface area contributed by atoms with Crippen molar-refractivity contribution < 1.29 is 9.53 Å². The third-order valence-electron chi connectivity index (χ3n) is 2.35. The van der Waals surface area contributed by atoms with E-state index in [2.05, 4.69) is 21.2 Å². The van der Waals surface area contributed by atoms with E-state index in [1.807, 2.05) is 24.3 Å². The maximum atomic E-state index is 11.3. The Balaban J connectivity index is 1.66. The first-order valence-corrected chi connectivity index (χ1v) is 6.21. The summed E-state index contributed by atoms with van der Waals surface area (Å²) in [5.41, 5.74) is 0. The first kappa shape index (κ1) is 11.5. The van der Waals surface area contributed by atoms with E-state index in [1.165, 1.54) is 0 Å². The van der Waals surface area contributed by atoms with Gasteiger partial charge < -0.3 is 10.1 Å². The van der Waals surface area contributed by atoms with Crippen LogP contribution in [0, 0.1) is 0 Å². The van der Waals surface area contributed by atoms with E-state index in [9.17, 15) is 4.79 Å². The van der Waals surface area contributed by atoms with Crippen molar-refractivity contribution in [2.75, 3.05) is 6.61 Å². The molecule has 0 atom stereocenters. The van der Waals surface area contributed by atoms with Crippen LogP contribution in [0.5, 0.6) is 5.75 Å². The molecule has 0 aliphatic heterocycles. The zero-order chi connectivity index (χ0) is 11.4. The minimum Gasteiger partial charge on any atom is -0.493 e. The topological polar surface area (TPSA) is 38.3 Å². The Morgan fingerprint density at radius 1 is 1.38 bits per heavy atom. The maximum Gasteiger partial charge on any atom is 0.223 e. The van der Waals surface area contributed by atoms with Gasteiger partial charge in [0.1, 0.15) is 5.75 Å². The molecule has 0 radical (unpaired) electrons. The van der Waals surface area contributed by atoms with Gasteiger partial charge in [-0.05, 0) is 37.1 Å². The molecule has 0 saturated heterocycles. The summed E-state index contributed by atoms with van der Waals surface area (Å²) >= 11 is 3.35. The molecule has 3 nitrogen and oxygen atoms in total. The van der Waals surface area contributed by atoms with Crippen molar-refractivity contribution in [2.24, 2.45) is 0 Å². The second kappa shape index (κ2) is 5.34. The summed E-state index contributed by atoms with van der Waals surface area (Å²) in [5, 5.41) is 2.92. The van der Waals surface area contributed by atoms with Crippen LogP contribution in [0.4, 0.5) is 0 Å². The van der Waals surface area contributed by atoms with Crippen LogP contribution < -0.4 is 10.1 Å². The number of hydrogen-bond donors (Lipinski definition) is 1. The Labute approximate surface area is 103 Å². The predicted molar refractivity (Wildman–Crippen MR) is 65.4 cm³/mol. The first-order chi connectivity index (χ1) is 7.74. The molecule has 86 valence electrons. The molecular weight excluding hydrogens is 270 g/mol. The fourth-order valence-corrected chi connectivity index (χ4v) is 1.58. The fourth-order valence-electron chi connectivity index (χ4n) is 1.32. The lowest BCUT2D eigenvalue weighted by atomic mass is 10.3. The largest absolute Gasteiger partial charge is 0.493 e. The molecule has 1 amide bonds. The number of hydrogen-bond acceptors (Lipinski definition) is 2. The summed E-state index contributed by atoms with van der Waals surface area (Å²) in [6, 6.07) is 8.02. The van der Waals surface area contributed by atoms with Crippen LogP contribution in [-0.2, 0) is 4.79 Å². The van der Waals surface area contributed by atoms with Gasteiger partial charge in [-0.1, -0.05) is 15.9 Å². The fraction of sp³-hybridized carbons (Fsp3) is 0.417. The van der Waals surface area contributed by atoms with Crippen LogP contribution in [-0.4, -0.2) is 18.6 Å². The van der Waals surface area contributed by atoms with Crippen molar-refractivity contribution in [1.29, 1.82) is 0 Å². The van der Waals surface area contributed by atoms with Crippen molar-refractivity contribution in [3.8, 4) is 5.75 Å². The lowest BCUT2D eigenvalue weighted by Gasteiger charge is -2.06. The first-order valence-electron chi connectivity index (χ1n) is 5.42. The highest BCUT2D eigenvalue weighted by Gasteiger charge is 2.22. The lowest BCUT2D eigenvalue weighted by molar-refractivity contribution is -0.121. The molecule has 1 N–H and O–H groups in total. The van der Waals surface area contributed by atoms with Gasteiger partial charge >= 0.3 is 0 Å². The molecule has 1 aliphatic carbocycles. The number of ether oxygens (including phenoxy) is 1. The smallest absolute Gasteiger partial charge is 0.223 e. The minimum absolute atomic E-state index is 0.0830. The van der Waals surface area contributed by atoms with Crippen LogP contribution in [0.15, 0.2) is 28.7 Å². The summed E-state index contributed by atoms with van der Waals surface area (Å²) in [5.74, 6) is 0.877. The molecule has 1 saturated carbocycles. The van der Waals surface area contributed by atoms with E-state index in [4.69, 9.17) is 4.74 Å². The number of halogens is 1. The highest BCUT2D eigenvalue weighted by molar-refractivity contribution is 9.10. The predicted octanol–water partition coefficient (Wildman–Crippen LogP) is 2.50. The average molecular weight is 284 g/mol. The van der Waals surface area contributed by atoms with Crippen molar-refractivity contribution in [1.82, 2.24) is 5.32 Å². The molecule has 16 heavy (non-hydrogen) atoms. The Morgan fingerprint density at radius 2 is 2.06 bits per heavy atom. The van der Waals surface area contributed by atoms with E-state index >= 15 is 0 Å². The Morgan fingerprint density at radius 3 is 2.69 bits per heavy atom. The molecule has 0 spiro atoms. The van der Waals surface area contributed by atoms with Crippen LogP contribution >= 0.6 is 15.9 Å². The summed E-state index contributed by atoms with van der Waals surface area (Å²) in [7, 11) is 0. The summed E-state index contributed by atoms with van der Waals surface area (Å²) < 4.78 is 6.47. The highest BCUT2D eigenvalue weighted by atomic mass is 79.9. The Hall–Kier alpha value is -1.03. The van der Waals surface area contributed by atoms with Crippen LogP contribution in [0.25, 0.3) is 0 Å². The zero-order valence-corrected chi connectivity index (χ0v) is 10.5. The van der Waals surface area contributed by atoms with Crippen molar-refractivity contribution in [3.63, 3.8) is 0 Å². The van der Waals surface area contributed by atoms with E-state index in [1.54, 1.807) is 0 Å². The van der Waals surface area contributed by atoms with Gasteiger partial charge in [-0.15, -0.1) is 0 Å². The van der Waals surface area contributed by atoms with Crippen molar-refractivity contribution in [3.05, 3.63) is 28.7 Å². The monoisotopic (exact) mass is 283 g/mol. The van der Waals surface area contributed by atoms with Gasteiger partial charge in [0, 0.05) is 10.5 Å². The van der Waals surface area contributed by atoms with Crippen LogP contribution in [0.2, 0.25) is 0 Å². The van der Waals surface area contributed by atoms with E-state index < -0.39 is 0 Å². The highest BCUT2D eigenvalue weighted by Crippen LogP contribution is 2.19. The third-order valence-corrected chi connectivity index (χ3v) is 2.88. The SMILES string of the molecule is O=C(CCOc1ccc(Br)cc1)NC1CC1. The molecule has 4 heteroatoms. The second-order valence-electron chi connectivity index (χ2n) is 3.89. The summed E-state index contributed by atoms with van der Waals surface area (Å²) in [6.07, 6.45) is 2.67. The quantitative estimate of drug-likeness (QED) is 0.902. The van der Waals surface area contributed by atoms with Gasteiger partial charge in [-0.3, -0.25) is 4.79 Å². The molecule has 1 aromatic carbocycles. The molecular formula is C12H14BrNO2. The normalized spacial score (nSPS) is 14.6. The number of nitrogens with one attached hydrogen (secondary N) is 1. The summed E-state index contributed by atoms with van der Waals surface area (Å²) in [4.78, 5) is 11.3. The molecule has 1 aliphatic rings. The number of amides is 1. The molecule has 1 fully saturated rings. The van der Waals surface area contributed by atoms with Gasteiger partial charge in [0.2, 0.25) is 5.91 Å². The Bertz CT molecular complexity index is 360. The minimum atomic E-state index is 0.0830. The average Bonchev–Trinajstić information content (AvgIpc) is 3.05. The van der Waals surface area contributed by atoms with E-state index in [0.717, 1.165) is 23.1 Å². The molecule has 1 aromatic rings. The van der Waals surface area contributed by atoms with E-state index in [0.29, 0.717) is 19.1 Å². The van der Waals surface area contributed by atoms with Crippen molar-refractivity contribution >= 4 is 21.8 Å². The second-order valence-corrected chi connectivity index (χ2v) is 4.81.